The molecular formula is C47H78N4O34. The number of hydrogen-bond donors (Lipinski definition) is 22. The van der Waals surface area contributed by atoms with Crippen LogP contribution >= 0.6 is 0 Å². The first-order valence-electron chi connectivity index (χ1n) is 26.7. The largest absolute Gasteiger partial charge is 0.477 e. The fourth-order valence-electron chi connectivity index (χ4n) is 10.7. The Bertz CT molecular complexity index is 2210. The van der Waals surface area contributed by atoms with Gasteiger partial charge in [0.25, 0.3) is 5.79 Å². The Kier molecular flexibility index (Phi) is 24.9. The van der Waals surface area contributed by atoms with Crippen molar-refractivity contribution in [3.63, 3.8) is 0 Å². The zero-order chi connectivity index (χ0) is 63.3. The fraction of sp³-hybridized carbons (Fsp3) is 0.894. The highest BCUT2D eigenvalue weighted by Crippen LogP contribution is 2.40. The van der Waals surface area contributed by atoms with Gasteiger partial charge in [0.05, 0.1) is 51.8 Å². The molecule has 6 saturated heterocycles. The first kappa shape index (κ1) is 70.3. The maximum atomic E-state index is 13.1. The minimum Gasteiger partial charge on any atom is -0.477 e. The standard InChI is InChI=1S/C47H78N4O34/c1-12(57)48-23-16(61)5-47(46(73)74,84-39(23)27(63)17(62)6-52)85-40-29(65)19(8-54)78-45(35(40)71)82-37-21(10-56)80-43(25(32(37)68)50-14(3)59)83-38-26(51-15(4)60)41(72)76-22(30(38)66)11-75-42-24(49-13(2)58)31(67)36(20(9-55)79-42)81-44-34(70)33(69)28(64)18(7-53)77-44/h16-45,52-56,61-72H,5-11H2,1-4H3,(H,48,57)(H,49,58)(H,50,59)(H,51,60)(H,73,74)/t16-,17+,18+,19+,20+,21+,22+,23+,24+,25+,26+,27+,28-,29-,30-,31+,32+,33-,34+,35+,36+,37+,38+,39+,40-,41?,42+,43-,44-,45-,47-/m0/s1. The molecule has 1 unspecified atom stereocenters. The second-order valence-corrected chi connectivity index (χ2v) is 21.2. The van der Waals surface area contributed by atoms with Crippen LogP contribution in [0.1, 0.15) is 34.1 Å². The van der Waals surface area contributed by atoms with E-state index < -0.39 is 265 Å². The third kappa shape index (κ3) is 15.8. The molecule has 490 valence electrons. The van der Waals surface area contributed by atoms with E-state index >= 15 is 0 Å². The summed E-state index contributed by atoms with van der Waals surface area (Å²) in [4.78, 5) is 62.9. The van der Waals surface area contributed by atoms with Crippen LogP contribution in [0.4, 0.5) is 0 Å². The molecule has 0 aromatic carbocycles. The zero-order valence-electron chi connectivity index (χ0n) is 45.9. The maximum absolute atomic E-state index is 13.1. The van der Waals surface area contributed by atoms with Crippen molar-refractivity contribution in [2.24, 2.45) is 0 Å². The summed E-state index contributed by atoms with van der Waals surface area (Å²) in [6.07, 6.45) is -52.7. The van der Waals surface area contributed by atoms with Crippen LogP contribution in [0.15, 0.2) is 0 Å². The number of aliphatic hydroxyl groups is 17. The van der Waals surface area contributed by atoms with Gasteiger partial charge in [-0.15, -0.1) is 0 Å². The molecule has 38 heteroatoms. The van der Waals surface area contributed by atoms with E-state index in [-0.39, 0.29) is 0 Å². The van der Waals surface area contributed by atoms with Crippen LogP contribution in [0.3, 0.4) is 0 Å². The molecule has 0 radical (unpaired) electrons. The molecule has 85 heavy (non-hydrogen) atoms. The molecule has 0 saturated carbocycles. The molecule has 6 aliphatic heterocycles. The summed E-state index contributed by atoms with van der Waals surface area (Å²) in [5.41, 5.74) is 0. The van der Waals surface area contributed by atoms with Gasteiger partial charge in [0, 0.05) is 34.1 Å². The number of aliphatic hydroxyl groups excluding tert-OH is 17. The van der Waals surface area contributed by atoms with E-state index in [2.05, 4.69) is 21.3 Å². The van der Waals surface area contributed by atoms with Gasteiger partial charge in [0.2, 0.25) is 23.6 Å². The molecule has 6 heterocycles. The molecule has 31 atom stereocenters. The van der Waals surface area contributed by atoms with E-state index in [4.69, 9.17) is 52.1 Å². The van der Waals surface area contributed by atoms with Crippen LogP contribution in [-0.2, 0) is 76.1 Å². The van der Waals surface area contributed by atoms with Gasteiger partial charge in [-0.2, -0.15) is 0 Å². The lowest BCUT2D eigenvalue weighted by Gasteiger charge is -2.51. The Morgan fingerprint density at radius 3 is 1.41 bits per heavy atom. The number of carboxylic acids is 1. The minimum atomic E-state index is -3.21. The molecule has 0 aromatic rings. The lowest BCUT2D eigenvalue weighted by Crippen LogP contribution is -2.71. The summed E-state index contributed by atoms with van der Waals surface area (Å²) in [7, 11) is 0. The minimum absolute atomic E-state index is 0.800. The molecule has 22 N–H and O–H groups in total. The molecule has 6 rings (SSSR count). The van der Waals surface area contributed by atoms with Crippen LogP contribution in [0.25, 0.3) is 0 Å². The van der Waals surface area contributed by atoms with Crippen molar-refractivity contribution in [2.45, 2.75) is 224 Å². The van der Waals surface area contributed by atoms with Gasteiger partial charge in [-0.3, -0.25) is 19.2 Å². The van der Waals surface area contributed by atoms with Crippen molar-refractivity contribution < 1.29 is 168 Å². The van der Waals surface area contributed by atoms with Crippen LogP contribution < -0.4 is 21.3 Å². The van der Waals surface area contributed by atoms with Crippen molar-refractivity contribution in [1.82, 2.24) is 21.3 Å². The summed E-state index contributed by atoms with van der Waals surface area (Å²) < 4.78 is 63.3. The molecule has 0 spiro atoms. The van der Waals surface area contributed by atoms with E-state index in [0.717, 1.165) is 27.7 Å². The van der Waals surface area contributed by atoms with Crippen molar-refractivity contribution in [3.8, 4) is 0 Å². The van der Waals surface area contributed by atoms with E-state index in [0.29, 0.717) is 0 Å². The van der Waals surface area contributed by atoms with Gasteiger partial charge in [-0.05, 0) is 0 Å². The summed E-state index contributed by atoms with van der Waals surface area (Å²) in [6.45, 7) is -2.15. The smallest absolute Gasteiger partial charge is 0.364 e. The average Bonchev–Trinajstić information content (AvgIpc) is 1.11. The normalized spacial score (nSPS) is 45.0. The van der Waals surface area contributed by atoms with Gasteiger partial charge in [0.1, 0.15) is 140 Å². The SMILES string of the molecule is CC(=O)N[C@H]1[C@H](OC[C@H]2OC(O)[C@H](NC(C)=O)[C@@H](O[C@@H]3O[C@H](CO)[C@@H](O[C@@H]4O[C@H](CO)[C@H](O)[C@H](O[C@]5(C(=O)O)C[C@H](O)[C@@H](NC(C)=O)[C@H]([C@H](O)[C@H](O)CO)O5)[C@H]4O)[C@H](O)[C@H]3NC(C)=O)[C@H]2O)O[C@H](CO)[C@@H](O[C@@H]2O[C@H](CO)[C@H](O)[C@H](O)[C@H]2O)[C@@H]1O. The number of amides is 4. The highest BCUT2D eigenvalue weighted by molar-refractivity contribution is 5.77. The highest BCUT2D eigenvalue weighted by atomic mass is 16.8. The van der Waals surface area contributed by atoms with E-state index in [1.54, 1.807) is 0 Å². The Morgan fingerprint density at radius 1 is 0.482 bits per heavy atom. The second-order valence-electron chi connectivity index (χ2n) is 21.2. The first-order valence-corrected chi connectivity index (χ1v) is 26.7. The third-order valence-corrected chi connectivity index (χ3v) is 15.0. The van der Waals surface area contributed by atoms with E-state index in [9.17, 15) is 116 Å². The monoisotopic (exact) mass is 1240 g/mol. The second kappa shape index (κ2) is 30.2. The number of nitrogens with one attached hydrogen (secondary N) is 4. The molecule has 0 aromatic heterocycles. The van der Waals surface area contributed by atoms with Crippen LogP contribution in [0.5, 0.6) is 0 Å². The topological polar surface area (TPSA) is 599 Å². The van der Waals surface area contributed by atoms with Crippen molar-refractivity contribution in [3.05, 3.63) is 0 Å². The summed E-state index contributed by atoms with van der Waals surface area (Å²) in [6, 6.07) is -6.96. The van der Waals surface area contributed by atoms with Gasteiger partial charge in [-0.25, -0.2) is 4.79 Å². The summed E-state index contributed by atoms with van der Waals surface area (Å²) >= 11 is 0. The Labute approximate surface area is 481 Å². The third-order valence-electron chi connectivity index (χ3n) is 15.0. The highest BCUT2D eigenvalue weighted by Gasteiger charge is 2.61. The molecule has 6 aliphatic rings. The number of ether oxygens (including phenoxy) is 11. The average molecular weight is 1240 g/mol. The molecule has 4 amide bonds. The Hall–Kier alpha value is -3.77. The fourth-order valence-corrected chi connectivity index (χ4v) is 10.7. The molecule has 38 nitrogen and oxygen atoms in total. The summed E-state index contributed by atoms with van der Waals surface area (Å²) in [5, 5.41) is 204. The zero-order valence-corrected chi connectivity index (χ0v) is 45.9. The number of carboxylic acid groups (broad SMARTS) is 1. The quantitative estimate of drug-likeness (QED) is 0.0452. The Balaban J connectivity index is 1.23. The predicted octanol–water partition coefficient (Wildman–Crippen LogP) is -14.3. The van der Waals surface area contributed by atoms with Gasteiger partial charge >= 0.3 is 5.97 Å². The predicted molar refractivity (Wildman–Crippen MR) is 263 cm³/mol. The molecular weight excluding hydrogens is 1160 g/mol. The van der Waals surface area contributed by atoms with Gasteiger partial charge in [0.15, 0.2) is 31.5 Å². The summed E-state index contributed by atoms with van der Waals surface area (Å²) in [5.74, 6) is -8.69. The number of hydrogen-bond acceptors (Lipinski definition) is 33. The Morgan fingerprint density at radius 2 is 0.918 bits per heavy atom. The van der Waals surface area contributed by atoms with Crippen LogP contribution in [0, 0.1) is 0 Å². The van der Waals surface area contributed by atoms with Gasteiger partial charge < -0.3 is 165 Å². The maximum Gasteiger partial charge on any atom is 0.364 e. The van der Waals surface area contributed by atoms with Crippen molar-refractivity contribution in [2.75, 3.05) is 39.6 Å². The lowest BCUT2D eigenvalue weighted by atomic mass is 9.88. The van der Waals surface area contributed by atoms with Crippen LogP contribution in [0.2, 0.25) is 0 Å². The van der Waals surface area contributed by atoms with Crippen molar-refractivity contribution in [1.29, 1.82) is 0 Å². The number of carbonyl (C=O) groups excluding carboxylic acids is 4. The molecule has 0 aliphatic carbocycles. The number of rotatable bonds is 23. The number of aliphatic carboxylic acids is 1. The lowest BCUT2D eigenvalue weighted by molar-refractivity contribution is -0.385. The van der Waals surface area contributed by atoms with E-state index in [1.165, 1.54) is 0 Å². The molecule has 6 fully saturated rings. The van der Waals surface area contributed by atoms with Crippen LogP contribution in [-0.4, -0.2) is 351 Å². The van der Waals surface area contributed by atoms with Gasteiger partial charge in [-0.1, -0.05) is 0 Å². The number of carbonyl (C=O) groups is 5. The van der Waals surface area contributed by atoms with E-state index in [1.807, 2.05) is 0 Å². The van der Waals surface area contributed by atoms with Crippen molar-refractivity contribution >= 4 is 29.6 Å². The first-order chi connectivity index (χ1) is 40.0. The molecule has 0 bridgehead atoms.